The van der Waals surface area contributed by atoms with Gasteiger partial charge in [-0.15, -0.1) is 0 Å². The number of nitrogens with zero attached hydrogens (tertiary/aromatic N) is 1. The molecule has 0 N–H and O–H groups in total. The number of methoxy groups -OCH3 is 1. The van der Waals surface area contributed by atoms with Crippen LogP contribution in [0.4, 0.5) is 4.39 Å². The average Bonchev–Trinajstić information content (AvgIpc) is 2.90. The highest BCUT2D eigenvalue weighted by Crippen LogP contribution is 2.29. The standard InChI is InChI=1S/C20H16Cl2FNO2/c1-12-10-24(11-14-3-5-15(21)8-18(14)22)20-13(4-6-19(25)26-2)7-16(23)9-17(12)20/h3-10H,11H2,1-2H3. The van der Waals surface area contributed by atoms with Gasteiger partial charge < -0.3 is 9.30 Å². The third kappa shape index (κ3) is 3.76. The topological polar surface area (TPSA) is 31.2 Å². The maximum Gasteiger partial charge on any atom is 0.330 e. The molecule has 0 aliphatic carbocycles. The number of esters is 1. The van der Waals surface area contributed by atoms with Crippen molar-refractivity contribution in [2.75, 3.05) is 7.11 Å². The third-order valence-corrected chi connectivity index (χ3v) is 4.71. The molecule has 134 valence electrons. The Labute approximate surface area is 160 Å². The van der Waals surface area contributed by atoms with Crippen molar-refractivity contribution >= 4 is 46.2 Å². The van der Waals surface area contributed by atoms with Crippen molar-refractivity contribution in [1.82, 2.24) is 4.57 Å². The van der Waals surface area contributed by atoms with Gasteiger partial charge in [0.05, 0.1) is 12.6 Å². The second-order valence-corrected chi connectivity index (χ2v) is 6.77. The molecule has 26 heavy (non-hydrogen) atoms. The molecule has 0 radical (unpaired) electrons. The van der Waals surface area contributed by atoms with Crippen LogP contribution in [0, 0.1) is 12.7 Å². The zero-order valence-corrected chi connectivity index (χ0v) is 15.7. The normalized spacial score (nSPS) is 11.4. The molecule has 2 aromatic carbocycles. The largest absolute Gasteiger partial charge is 0.466 e. The van der Waals surface area contributed by atoms with E-state index >= 15 is 0 Å². The number of hydrogen-bond acceptors (Lipinski definition) is 2. The highest BCUT2D eigenvalue weighted by atomic mass is 35.5. The number of rotatable bonds is 4. The van der Waals surface area contributed by atoms with Crippen LogP contribution in [0.25, 0.3) is 17.0 Å². The summed E-state index contributed by atoms with van der Waals surface area (Å²) in [5.41, 5.74) is 3.22. The number of benzene rings is 2. The molecule has 0 spiro atoms. The lowest BCUT2D eigenvalue weighted by Gasteiger charge is -2.10. The molecule has 0 unspecified atom stereocenters. The van der Waals surface area contributed by atoms with E-state index < -0.39 is 5.97 Å². The zero-order chi connectivity index (χ0) is 18.8. The summed E-state index contributed by atoms with van der Waals surface area (Å²) >= 11 is 12.3. The number of halogens is 3. The minimum atomic E-state index is -0.502. The molecule has 3 aromatic rings. The molecular formula is C20H16Cl2FNO2. The van der Waals surface area contributed by atoms with Crippen LogP contribution in [0.1, 0.15) is 16.7 Å². The van der Waals surface area contributed by atoms with Crippen LogP contribution in [-0.4, -0.2) is 17.6 Å². The van der Waals surface area contributed by atoms with Crippen LogP contribution >= 0.6 is 23.2 Å². The Morgan fingerprint density at radius 1 is 1.27 bits per heavy atom. The van der Waals surface area contributed by atoms with E-state index in [1.54, 1.807) is 18.2 Å². The van der Waals surface area contributed by atoms with Gasteiger partial charge in [-0.2, -0.15) is 0 Å². The lowest BCUT2D eigenvalue weighted by molar-refractivity contribution is -0.134. The Bertz CT molecular complexity index is 1020. The van der Waals surface area contributed by atoms with Crippen molar-refractivity contribution in [1.29, 1.82) is 0 Å². The van der Waals surface area contributed by atoms with Crippen LogP contribution in [0.15, 0.2) is 42.6 Å². The summed E-state index contributed by atoms with van der Waals surface area (Å²) < 4.78 is 20.6. The second-order valence-electron chi connectivity index (χ2n) is 5.92. The quantitative estimate of drug-likeness (QED) is 0.426. The number of aryl methyl sites for hydroxylation is 1. The summed E-state index contributed by atoms with van der Waals surface area (Å²) in [5.74, 6) is -0.870. The van der Waals surface area contributed by atoms with Gasteiger partial charge in [-0.1, -0.05) is 29.3 Å². The average molecular weight is 392 g/mol. The summed E-state index contributed by atoms with van der Waals surface area (Å²) in [7, 11) is 1.29. The Morgan fingerprint density at radius 3 is 2.73 bits per heavy atom. The molecule has 0 aliphatic heterocycles. The van der Waals surface area contributed by atoms with E-state index in [1.807, 2.05) is 23.8 Å². The first-order valence-corrected chi connectivity index (χ1v) is 8.63. The number of carbonyl (C=O) groups excluding carboxylic acids is 1. The highest BCUT2D eigenvalue weighted by molar-refractivity contribution is 6.35. The predicted molar refractivity (Wildman–Crippen MR) is 103 cm³/mol. The molecule has 1 heterocycles. The van der Waals surface area contributed by atoms with Crippen molar-refractivity contribution in [3.05, 3.63) is 75.2 Å². The van der Waals surface area contributed by atoms with Gasteiger partial charge in [0, 0.05) is 39.8 Å². The van der Waals surface area contributed by atoms with Crippen molar-refractivity contribution < 1.29 is 13.9 Å². The van der Waals surface area contributed by atoms with Gasteiger partial charge in [0.2, 0.25) is 0 Å². The maximum atomic E-state index is 14.0. The molecule has 0 amide bonds. The summed E-state index contributed by atoms with van der Waals surface area (Å²) in [4.78, 5) is 11.4. The fraction of sp³-hybridized carbons (Fsp3) is 0.150. The summed E-state index contributed by atoms with van der Waals surface area (Å²) in [6, 6.07) is 8.20. The summed E-state index contributed by atoms with van der Waals surface area (Å²) in [5, 5.41) is 1.90. The lowest BCUT2D eigenvalue weighted by atomic mass is 10.1. The second kappa shape index (κ2) is 7.52. The molecule has 0 saturated carbocycles. The molecule has 3 rings (SSSR count). The maximum absolute atomic E-state index is 14.0. The van der Waals surface area contributed by atoms with E-state index in [0.717, 1.165) is 22.0 Å². The van der Waals surface area contributed by atoms with Crippen LogP contribution < -0.4 is 0 Å². The molecule has 0 bridgehead atoms. The van der Waals surface area contributed by atoms with Gasteiger partial charge in [-0.3, -0.25) is 0 Å². The van der Waals surface area contributed by atoms with E-state index in [0.29, 0.717) is 22.2 Å². The van der Waals surface area contributed by atoms with E-state index in [-0.39, 0.29) is 5.82 Å². The molecule has 0 saturated heterocycles. The first-order valence-electron chi connectivity index (χ1n) is 7.88. The number of ether oxygens (including phenoxy) is 1. The highest BCUT2D eigenvalue weighted by Gasteiger charge is 2.13. The van der Waals surface area contributed by atoms with Crippen molar-refractivity contribution in [2.45, 2.75) is 13.5 Å². The molecular weight excluding hydrogens is 376 g/mol. The van der Waals surface area contributed by atoms with Crippen LogP contribution in [0.2, 0.25) is 10.0 Å². The number of carbonyl (C=O) groups is 1. The van der Waals surface area contributed by atoms with E-state index in [1.165, 1.54) is 25.3 Å². The molecule has 1 aromatic heterocycles. The van der Waals surface area contributed by atoms with Gasteiger partial charge in [0.1, 0.15) is 5.82 Å². The number of fused-ring (bicyclic) bond motifs is 1. The minimum absolute atomic E-state index is 0.368. The fourth-order valence-electron chi connectivity index (χ4n) is 2.92. The Hall–Kier alpha value is -2.30. The minimum Gasteiger partial charge on any atom is -0.466 e. The van der Waals surface area contributed by atoms with Crippen molar-refractivity contribution in [3.63, 3.8) is 0 Å². The number of aromatic nitrogens is 1. The summed E-state index contributed by atoms with van der Waals surface area (Å²) in [6.07, 6.45) is 4.76. The monoisotopic (exact) mass is 391 g/mol. The molecule has 0 aliphatic rings. The van der Waals surface area contributed by atoms with Gasteiger partial charge in [0.25, 0.3) is 0 Å². The van der Waals surface area contributed by atoms with Crippen LogP contribution in [0.3, 0.4) is 0 Å². The summed E-state index contributed by atoms with van der Waals surface area (Å²) in [6.45, 7) is 2.40. The van der Waals surface area contributed by atoms with E-state index in [4.69, 9.17) is 23.2 Å². The molecule has 0 atom stereocenters. The molecule has 6 heteroatoms. The molecule has 0 fully saturated rings. The van der Waals surface area contributed by atoms with Crippen molar-refractivity contribution in [3.8, 4) is 0 Å². The van der Waals surface area contributed by atoms with Gasteiger partial charge >= 0.3 is 5.97 Å². The van der Waals surface area contributed by atoms with E-state index in [2.05, 4.69) is 4.74 Å². The SMILES string of the molecule is COC(=O)C=Cc1cc(F)cc2c(C)cn(Cc3ccc(Cl)cc3Cl)c12. The lowest BCUT2D eigenvalue weighted by Crippen LogP contribution is -2.00. The van der Waals surface area contributed by atoms with Gasteiger partial charge in [0.15, 0.2) is 0 Å². The van der Waals surface area contributed by atoms with Crippen LogP contribution in [0.5, 0.6) is 0 Å². The first-order chi connectivity index (χ1) is 12.4. The van der Waals surface area contributed by atoms with Gasteiger partial charge in [-0.05, 0) is 48.4 Å². The van der Waals surface area contributed by atoms with E-state index in [9.17, 15) is 9.18 Å². The van der Waals surface area contributed by atoms with Crippen LogP contribution in [-0.2, 0) is 16.1 Å². The Balaban J connectivity index is 2.13. The smallest absolute Gasteiger partial charge is 0.330 e. The zero-order valence-electron chi connectivity index (χ0n) is 14.2. The predicted octanol–water partition coefficient (Wildman–Crippen LogP) is 5.63. The Morgan fingerprint density at radius 2 is 2.04 bits per heavy atom. The fourth-order valence-corrected chi connectivity index (χ4v) is 3.39. The first kappa shape index (κ1) is 18.5. The van der Waals surface area contributed by atoms with Crippen molar-refractivity contribution in [2.24, 2.45) is 0 Å². The number of hydrogen-bond donors (Lipinski definition) is 0. The molecule has 3 nitrogen and oxygen atoms in total. The van der Waals surface area contributed by atoms with Gasteiger partial charge in [-0.25, -0.2) is 9.18 Å². The third-order valence-electron chi connectivity index (χ3n) is 4.12. The Kier molecular flexibility index (Phi) is 5.35.